The van der Waals surface area contributed by atoms with Crippen molar-refractivity contribution in [3.05, 3.63) is 29.3 Å². The second kappa shape index (κ2) is 7.54. The molecule has 0 saturated heterocycles. The van der Waals surface area contributed by atoms with Crippen molar-refractivity contribution in [2.75, 3.05) is 32.1 Å². The van der Waals surface area contributed by atoms with Gasteiger partial charge in [-0.15, -0.1) is 0 Å². The van der Waals surface area contributed by atoms with Crippen LogP contribution in [0.3, 0.4) is 0 Å². The molecule has 108 valence electrons. The topological polar surface area (TPSA) is 15.3 Å². The van der Waals surface area contributed by atoms with Crippen LogP contribution in [0.25, 0.3) is 0 Å². The number of rotatable bonds is 7. The van der Waals surface area contributed by atoms with Crippen LogP contribution in [-0.4, -0.2) is 27.2 Å². The number of aryl methyl sites for hydroxylation is 1. The van der Waals surface area contributed by atoms with Gasteiger partial charge in [0.1, 0.15) is 0 Å². The second-order valence-corrected chi connectivity index (χ2v) is 5.91. The number of hydrogen-bond donors (Lipinski definition) is 1. The largest absolute Gasteiger partial charge is 0.374 e. The average Bonchev–Trinajstić information content (AvgIpc) is 2.38. The fourth-order valence-corrected chi connectivity index (χ4v) is 2.51. The molecule has 0 aliphatic heterocycles. The lowest BCUT2D eigenvalue weighted by Crippen LogP contribution is -2.31. The van der Waals surface area contributed by atoms with Gasteiger partial charge in [-0.3, -0.25) is 0 Å². The second-order valence-electron chi connectivity index (χ2n) is 5.91. The average molecular weight is 262 g/mol. The number of nitrogens with one attached hydrogen (secondary N) is 1. The summed E-state index contributed by atoms with van der Waals surface area (Å²) in [5.41, 5.74) is 4.17. The van der Waals surface area contributed by atoms with Crippen LogP contribution >= 0.6 is 0 Å². The van der Waals surface area contributed by atoms with E-state index < -0.39 is 0 Å². The smallest absolute Gasteiger partial charge is 0.0396 e. The maximum absolute atomic E-state index is 3.29. The summed E-state index contributed by atoms with van der Waals surface area (Å²) in [5.74, 6) is 1.30. The highest BCUT2D eigenvalue weighted by atomic mass is 15.1. The molecule has 0 heterocycles. The van der Waals surface area contributed by atoms with Gasteiger partial charge in [0, 0.05) is 19.3 Å². The van der Waals surface area contributed by atoms with Crippen LogP contribution in [0.2, 0.25) is 0 Å². The Morgan fingerprint density at radius 1 is 1.26 bits per heavy atom. The summed E-state index contributed by atoms with van der Waals surface area (Å²) < 4.78 is 0. The minimum Gasteiger partial charge on any atom is -0.374 e. The minimum atomic E-state index is 0.590. The summed E-state index contributed by atoms with van der Waals surface area (Å²) in [6, 6.07) is 6.86. The molecule has 1 unspecified atom stereocenters. The first kappa shape index (κ1) is 16.0. The first-order valence-electron chi connectivity index (χ1n) is 7.45. The lowest BCUT2D eigenvalue weighted by molar-refractivity contribution is 0.484. The van der Waals surface area contributed by atoms with Gasteiger partial charge in [0.2, 0.25) is 0 Å². The third-order valence-corrected chi connectivity index (χ3v) is 3.91. The normalized spacial score (nSPS) is 12.8. The van der Waals surface area contributed by atoms with Gasteiger partial charge in [-0.1, -0.05) is 39.3 Å². The van der Waals surface area contributed by atoms with Gasteiger partial charge in [-0.25, -0.2) is 0 Å². The van der Waals surface area contributed by atoms with Gasteiger partial charge in [-0.2, -0.15) is 0 Å². The standard InChI is InChI=1S/C17H30N2/c1-7-15(11-18-5)12-19(6)17-10-16(13(2)3)9-8-14(17)4/h8-10,13,15,18H,7,11-12H2,1-6H3. The third kappa shape index (κ3) is 4.54. The van der Waals surface area contributed by atoms with E-state index in [-0.39, 0.29) is 0 Å². The Bertz CT molecular complexity index is 385. The van der Waals surface area contributed by atoms with Gasteiger partial charge in [0.05, 0.1) is 0 Å². The van der Waals surface area contributed by atoms with Crippen LogP contribution in [0.1, 0.15) is 44.2 Å². The first-order chi connectivity index (χ1) is 8.99. The quantitative estimate of drug-likeness (QED) is 0.804. The molecule has 0 aromatic heterocycles. The van der Waals surface area contributed by atoms with E-state index in [0.717, 1.165) is 13.1 Å². The summed E-state index contributed by atoms with van der Waals surface area (Å²) in [6.45, 7) is 11.2. The molecule has 0 saturated carbocycles. The molecule has 1 aromatic carbocycles. The van der Waals surface area contributed by atoms with Crippen LogP contribution < -0.4 is 10.2 Å². The lowest BCUT2D eigenvalue weighted by atomic mass is 9.99. The number of nitrogens with zero attached hydrogens (tertiary/aromatic N) is 1. The maximum atomic E-state index is 3.29. The van der Waals surface area contributed by atoms with E-state index in [0.29, 0.717) is 11.8 Å². The zero-order valence-corrected chi connectivity index (χ0v) is 13.5. The molecule has 1 atom stereocenters. The molecular formula is C17H30N2. The molecule has 0 aliphatic rings. The first-order valence-corrected chi connectivity index (χ1v) is 7.45. The van der Waals surface area contributed by atoms with Gasteiger partial charge >= 0.3 is 0 Å². The lowest BCUT2D eigenvalue weighted by Gasteiger charge is -2.27. The number of benzene rings is 1. The molecule has 0 amide bonds. The van der Waals surface area contributed by atoms with E-state index in [1.165, 1.54) is 23.2 Å². The molecule has 1 rings (SSSR count). The molecular weight excluding hydrogens is 232 g/mol. The van der Waals surface area contributed by atoms with Crippen molar-refractivity contribution in [3.8, 4) is 0 Å². The fourth-order valence-electron chi connectivity index (χ4n) is 2.51. The maximum Gasteiger partial charge on any atom is 0.0396 e. The predicted octanol–water partition coefficient (Wildman–Crippen LogP) is 3.80. The fraction of sp³-hybridized carbons (Fsp3) is 0.647. The summed E-state index contributed by atoms with van der Waals surface area (Å²) in [4.78, 5) is 2.41. The summed E-state index contributed by atoms with van der Waals surface area (Å²) in [7, 11) is 4.25. The molecule has 0 radical (unpaired) electrons. The Morgan fingerprint density at radius 2 is 1.95 bits per heavy atom. The van der Waals surface area contributed by atoms with Crippen molar-refractivity contribution in [2.45, 2.75) is 40.0 Å². The Kier molecular flexibility index (Phi) is 6.36. The zero-order chi connectivity index (χ0) is 14.4. The molecule has 1 aromatic rings. The Morgan fingerprint density at radius 3 is 2.47 bits per heavy atom. The summed E-state index contributed by atoms with van der Waals surface area (Å²) in [5, 5.41) is 3.29. The molecule has 0 fully saturated rings. The van der Waals surface area contributed by atoms with E-state index in [1.807, 2.05) is 7.05 Å². The van der Waals surface area contributed by atoms with Crippen LogP contribution in [0, 0.1) is 12.8 Å². The molecule has 0 aliphatic carbocycles. The zero-order valence-electron chi connectivity index (χ0n) is 13.5. The van der Waals surface area contributed by atoms with Crippen molar-refractivity contribution in [1.82, 2.24) is 5.32 Å². The van der Waals surface area contributed by atoms with E-state index in [4.69, 9.17) is 0 Å². The van der Waals surface area contributed by atoms with Gasteiger partial charge in [0.15, 0.2) is 0 Å². The van der Waals surface area contributed by atoms with Gasteiger partial charge in [-0.05, 0) is 49.5 Å². The van der Waals surface area contributed by atoms with E-state index >= 15 is 0 Å². The highest BCUT2D eigenvalue weighted by molar-refractivity contribution is 5.55. The number of anilines is 1. The molecule has 2 nitrogen and oxygen atoms in total. The Balaban J connectivity index is 2.85. The van der Waals surface area contributed by atoms with Crippen LogP contribution in [-0.2, 0) is 0 Å². The highest BCUT2D eigenvalue weighted by Crippen LogP contribution is 2.25. The molecule has 19 heavy (non-hydrogen) atoms. The monoisotopic (exact) mass is 262 g/mol. The van der Waals surface area contributed by atoms with Crippen LogP contribution in [0.15, 0.2) is 18.2 Å². The van der Waals surface area contributed by atoms with E-state index in [2.05, 4.69) is 63.2 Å². The van der Waals surface area contributed by atoms with Crippen molar-refractivity contribution in [3.63, 3.8) is 0 Å². The molecule has 1 N–H and O–H groups in total. The Hall–Kier alpha value is -1.02. The van der Waals surface area contributed by atoms with Crippen LogP contribution in [0.5, 0.6) is 0 Å². The predicted molar refractivity (Wildman–Crippen MR) is 86.2 cm³/mol. The van der Waals surface area contributed by atoms with Crippen molar-refractivity contribution in [1.29, 1.82) is 0 Å². The summed E-state index contributed by atoms with van der Waals surface area (Å²) in [6.07, 6.45) is 1.22. The summed E-state index contributed by atoms with van der Waals surface area (Å²) >= 11 is 0. The highest BCUT2D eigenvalue weighted by Gasteiger charge is 2.12. The van der Waals surface area contributed by atoms with Crippen molar-refractivity contribution in [2.24, 2.45) is 5.92 Å². The van der Waals surface area contributed by atoms with Gasteiger partial charge in [0.25, 0.3) is 0 Å². The molecule has 0 spiro atoms. The number of hydrogen-bond acceptors (Lipinski definition) is 2. The van der Waals surface area contributed by atoms with Crippen LogP contribution in [0.4, 0.5) is 5.69 Å². The third-order valence-electron chi connectivity index (χ3n) is 3.91. The van der Waals surface area contributed by atoms with Crippen molar-refractivity contribution < 1.29 is 0 Å². The van der Waals surface area contributed by atoms with E-state index in [9.17, 15) is 0 Å². The SMILES string of the molecule is CCC(CNC)CN(C)c1cc(C(C)C)ccc1C. The van der Waals surface area contributed by atoms with Gasteiger partial charge < -0.3 is 10.2 Å². The Labute approximate surface area is 119 Å². The van der Waals surface area contributed by atoms with E-state index in [1.54, 1.807) is 0 Å². The minimum absolute atomic E-state index is 0.590. The molecule has 0 bridgehead atoms. The van der Waals surface area contributed by atoms with Crippen molar-refractivity contribution >= 4 is 5.69 Å². The molecule has 2 heteroatoms.